The Morgan fingerprint density at radius 1 is 1.48 bits per heavy atom. The summed E-state index contributed by atoms with van der Waals surface area (Å²) < 4.78 is 18.5. The van der Waals surface area contributed by atoms with Gasteiger partial charge in [-0.2, -0.15) is 0 Å². The normalized spacial score (nSPS) is 10.4. The zero-order chi connectivity index (χ0) is 16.0. The minimum absolute atomic E-state index is 0.225. The van der Waals surface area contributed by atoms with Gasteiger partial charge in [0.2, 0.25) is 0 Å². The van der Waals surface area contributed by atoms with Crippen molar-refractivity contribution < 1.29 is 18.8 Å². The smallest absolute Gasteiger partial charge is 0.285 e. The number of likely N-dealkylation sites (N-methyl/N-ethyl adjacent to an activating group) is 1. The summed E-state index contributed by atoms with van der Waals surface area (Å²) in [6.07, 6.45) is 0. The number of nitrogens with zero attached hydrogens (tertiary/aromatic N) is 2. The molecule has 0 spiro atoms. The number of benzene rings is 1. The van der Waals surface area contributed by atoms with Crippen molar-refractivity contribution in [1.29, 1.82) is 0 Å². The van der Waals surface area contributed by atoms with Crippen molar-refractivity contribution in [1.82, 2.24) is 4.90 Å². The molecule has 0 saturated heterocycles. The fourth-order valence-corrected chi connectivity index (χ4v) is 1.79. The molecule has 116 valence electrons. The van der Waals surface area contributed by atoms with Gasteiger partial charge in [0.05, 0.1) is 23.3 Å². The van der Waals surface area contributed by atoms with Crippen LogP contribution >= 0.6 is 0 Å². The van der Waals surface area contributed by atoms with Crippen LogP contribution in [0.3, 0.4) is 0 Å². The minimum atomic E-state index is -0.921. The highest BCUT2D eigenvalue weighted by Gasteiger charge is 2.26. The van der Waals surface area contributed by atoms with Gasteiger partial charge in [0.1, 0.15) is 5.56 Å². The van der Waals surface area contributed by atoms with E-state index in [9.17, 15) is 19.3 Å². The SMILES string of the molecule is CCOCCN(CC)C(=O)c1cc(N)c(F)cc1[N+](=O)[O-]. The van der Waals surface area contributed by atoms with Gasteiger partial charge in [0.15, 0.2) is 5.82 Å². The fourth-order valence-electron chi connectivity index (χ4n) is 1.79. The fraction of sp³-hybridized carbons (Fsp3) is 0.462. The number of hydrogen-bond donors (Lipinski definition) is 1. The van der Waals surface area contributed by atoms with Crippen LogP contribution in [0.2, 0.25) is 0 Å². The second-order valence-corrected chi connectivity index (χ2v) is 4.23. The summed E-state index contributed by atoms with van der Waals surface area (Å²) in [5, 5.41) is 11.0. The van der Waals surface area contributed by atoms with E-state index in [2.05, 4.69) is 0 Å². The molecule has 0 fully saturated rings. The number of carbonyl (C=O) groups excluding carboxylic acids is 1. The maximum absolute atomic E-state index is 13.3. The third-order valence-electron chi connectivity index (χ3n) is 2.92. The molecule has 1 rings (SSSR count). The number of carbonyl (C=O) groups is 1. The Bertz CT molecular complexity index is 536. The van der Waals surface area contributed by atoms with Gasteiger partial charge < -0.3 is 15.4 Å². The number of halogens is 1. The van der Waals surface area contributed by atoms with Gasteiger partial charge in [-0.1, -0.05) is 0 Å². The first-order valence-electron chi connectivity index (χ1n) is 6.52. The predicted octanol–water partition coefficient (Wildman–Crippen LogP) is 1.81. The van der Waals surface area contributed by atoms with E-state index in [1.165, 1.54) is 4.90 Å². The van der Waals surface area contributed by atoms with Crippen molar-refractivity contribution in [3.05, 3.63) is 33.6 Å². The van der Waals surface area contributed by atoms with Crippen molar-refractivity contribution in [2.24, 2.45) is 0 Å². The molecule has 0 aliphatic rings. The number of ether oxygens (including phenoxy) is 1. The molecule has 1 aromatic rings. The van der Waals surface area contributed by atoms with Crippen LogP contribution in [-0.4, -0.2) is 42.0 Å². The Kier molecular flexibility index (Phi) is 6.04. The van der Waals surface area contributed by atoms with Crippen LogP contribution in [-0.2, 0) is 4.74 Å². The molecule has 2 N–H and O–H groups in total. The third-order valence-corrected chi connectivity index (χ3v) is 2.92. The first-order valence-corrected chi connectivity index (χ1v) is 6.52. The molecule has 0 unspecified atom stereocenters. The van der Waals surface area contributed by atoms with Gasteiger partial charge in [0.25, 0.3) is 11.6 Å². The number of nitrogens with two attached hydrogens (primary N) is 1. The molecule has 0 aliphatic heterocycles. The second kappa shape index (κ2) is 7.53. The lowest BCUT2D eigenvalue weighted by Crippen LogP contribution is -2.34. The van der Waals surface area contributed by atoms with E-state index >= 15 is 0 Å². The van der Waals surface area contributed by atoms with E-state index < -0.39 is 22.3 Å². The first kappa shape index (κ1) is 16.8. The van der Waals surface area contributed by atoms with Crippen molar-refractivity contribution >= 4 is 17.3 Å². The predicted molar refractivity (Wildman–Crippen MR) is 75.5 cm³/mol. The summed E-state index contributed by atoms with van der Waals surface area (Å²) >= 11 is 0. The average Bonchev–Trinajstić information content (AvgIpc) is 2.45. The van der Waals surface area contributed by atoms with E-state index in [4.69, 9.17) is 10.5 Å². The topological polar surface area (TPSA) is 98.7 Å². The molecule has 0 heterocycles. The molecule has 1 aromatic carbocycles. The molecule has 0 aliphatic carbocycles. The maximum Gasteiger partial charge on any atom is 0.285 e. The van der Waals surface area contributed by atoms with Crippen LogP contribution < -0.4 is 5.73 Å². The monoisotopic (exact) mass is 299 g/mol. The highest BCUT2D eigenvalue weighted by Crippen LogP contribution is 2.25. The maximum atomic E-state index is 13.3. The van der Waals surface area contributed by atoms with Crippen LogP contribution in [0, 0.1) is 15.9 Å². The van der Waals surface area contributed by atoms with E-state index in [1.807, 2.05) is 6.92 Å². The van der Waals surface area contributed by atoms with Crippen molar-refractivity contribution in [2.45, 2.75) is 13.8 Å². The number of nitro benzene ring substituents is 1. The van der Waals surface area contributed by atoms with Crippen molar-refractivity contribution in [3.63, 3.8) is 0 Å². The van der Waals surface area contributed by atoms with Gasteiger partial charge >= 0.3 is 0 Å². The molecule has 8 heteroatoms. The lowest BCUT2D eigenvalue weighted by Gasteiger charge is -2.20. The highest BCUT2D eigenvalue weighted by molar-refractivity contribution is 5.99. The highest BCUT2D eigenvalue weighted by atomic mass is 19.1. The molecule has 21 heavy (non-hydrogen) atoms. The van der Waals surface area contributed by atoms with Crippen LogP contribution in [0.1, 0.15) is 24.2 Å². The summed E-state index contributed by atoms with van der Waals surface area (Å²) in [4.78, 5) is 23.9. The van der Waals surface area contributed by atoms with E-state index in [1.54, 1.807) is 6.92 Å². The molecule has 0 saturated carbocycles. The third kappa shape index (κ3) is 4.12. The molecule has 0 radical (unpaired) electrons. The summed E-state index contributed by atoms with van der Waals surface area (Å²) in [6, 6.07) is 1.66. The standard InChI is InChI=1S/C13H18FN3O4/c1-3-16(5-6-21-4-2)13(18)9-7-11(15)10(14)8-12(9)17(19)20/h7-8H,3-6,15H2,1-2H3. The molecular weight excluding hydrogens is 281 g/mol. The summed E-state index contributed by atoms with van der Waals surface area (Å²) in [5.74, 6) is -1.49. The number of anilines is 1. The lowest BCUT2D eigenvalue weighted by atomic mass is 10.1. The first-order chi connectivity index (χ1) is 9.92. The molecular formula is C13H18FN3O4. The zero-order valence-electron chi connectivity index (χ0n) is 12.0. The quantitative estimate of drug-likeness (QED) is 0.358. The average molecular weight is 299 g/mol. The Morgan fingerprint density at radius 3 is 2.67 bits per heavy atom. The largest absolute Gasteiger partial charge is 0.396 e. The second-order valence-electron chi connectivity index (χ2n) is 4.23. The van der Waals surface area contributed by atoms with Crippen molar-refractivity contribution in [3.8, 4) is 0 Å². The zero-order valence-corrected chi connectivity index (χ0v) is 12.0. The van der Waals surface area contributed by atoms with E-state index in [-0.39, 0.29) is 17.8 Å². The van der Waals surface area contributed by atoms with Crippen LogP contribution in [0.5, 0.6) is 0 Å². The Morgan fingerprint density at radius 2 is 2.14 bits per heavy atom. The van der Waals surface area contributed by atoms with Crippen LogP contribution in [0.4, 0.5) is 15.8 Å². The van der Waals surface area contributed by atoms with Crippen molar-refractivity contribution in [2.75, 3.05) is 32.0 Å². The minimum Gasteiger partial charge on any atom is -0.396 e. The van der Waals surface area contributed by atoms with E-state index in [0.29, 0.717) is 25.8 Å². The molecule has 0 atom stereocenters. The molecule has 7 nitrogen and oxygen atoms in total. The van der Waals surface area contributed by atoms with Gasteiger partial charge in [-0.05, 0) is 19.9 Å². The summed E-state index contributed by atoms with van der Waals surface area (Å²) in [5.41, 5.74) is 4.28. The number of rotatable bonds is 7. The number of nitrogen functional groups attached to an aromatic ring is 1. The number of nitro groups is 1. The molecule has 0 bridgehead atoms. The Hall–Kier alpha value is -2.22. The Balaban J connectivity index is 3.09. The lowest BCUT2D eigenvalue weighted by molar-refractivity contribution is -0.385. The van der Waals surface area contributed by atoms with Crippen LogP contribution in [0.25, 0.3) is 0 Å². The Labute approximate surface area is 121 Å². The molecule has 0 aromatic heterocycles. The van der Waals surface area contributed by atoms with Gasteiger partial charge in [-0.3, -0.25) is 14.9 Å². The summed E-state index contributed by atoms with van der Waals surface area (Å²) in [7, 11) is 0. The van der Waals surface area contributed by atoms with E-state index in [0.717, 1.165) is 6.07 Å². The number of hydrogen-bond acceptors (Lipinski definition) is 5. The number of amides is 1. The van der Waals surface area contributed by atoms with Crippen LogP contribution in [0.15, 0.2) is 12.1 Å². The van der Waals surface area contributed by atoms with Gasteiger partial charge in [0, 0.05) is 19.7 Å². The van der Waals surface area contributed by atoms with Gasteiger partial charge in [-0.15, -0.1) is 0 Å². The summed E-state index contributed by atoms with van der Waals surface area (Å²) in [6.45, 7) is 5.03. The molecule has 1 amide bonds. The van der Waals surface area contributed by atoms with Gasteiger partial charge in [-0.25, -0.2) is 4.39 Å².